The van der Waals surface area contributed by atoms with Crippen molar-refractivity contribution in [2.45, 2.75) is 13.0 Å². The second kappa shape index (κ2) is 3.42. The van der Waals surface area contributed by atoms with Crippen LogP contribution in [0.1, 0.15) is 16.1 Å². The maximum absolute atomic E-state index is 11.7. The molecule has 76 valence electrons. The zero-order chi connectivity index (χ0) is 10.1. The normalized spacial score (nSPS) is 16.4. The number of carbonyl (C=O) groups is 1. The van der Waals surface area contributed by atoms with Gasteiger partial charge in [0.2, 0.25) is 0 Å². The molecule has 1 aliphatic heterocycles. The van der Waals surface area contributed by atoms with E-state index in [1.165, 1.54) is 0 Å². The number of rotatable bonds is 2. The molecule has 1 amide bonds. The fourth-order valence-corrected chi connectivity index (χ4v) is 1.48. The zero-order valence-electron chi connectivity index (χ0n) is 8.37. The van der Waals surface area contributed by atoms with E-state index in [1.54, 1.807) is 10.9 Å². The van der Waals surface area contributed by atoms with Gasteiger partial charge in [-0.05, 0) is 6.92 Å². The highest BCUT2D eigenvalue weighted by Crippen LogP contribution is 2.05. The summed E-state index contributed by atoms with van der Waals surface area (Å²) in [4.78, 5) is 11.7. The quantitative estimate of drug-likeness (QED) is 0.663. The summed E-state index contributed by atoms with van der Waals surface area (Å²) in [5.74, 6) is -0.0258. The second-order valence-electron chi connectivity index (χ2n) is 3.63. The smallest absolute Gasteiger partial charge is 0.255 e. The van der Waals surface area contributed by atoms with E-state index < -0.39 is 0 Å². The molecule has 0 radical (unpaired) electrons. The van der Waals surface area contributed by atoms with E-state index in [2.05, 4.69) is 15.7 Å². The van der Waals surface area contributed by atoms with E-state index >= 15 is 0 Å². The van der Waals surface area contributed by atoms with Gasteiger partial charge in [0, 0.05) is 26.3 Å². The molecule has 0 spiro atoms. The van der Waals surface area contributed by atoms with Crippen molar-refractivity contribution in [1.82, 2.24) is 20.4 Å². The Kier molecular flexibility index (Phi) is 2.25. The summed E-state index contributed by atoms with van der Waals surface area (Å²) < 4.78 is 1.66. The minimum absolute atomic E-state index is 0.0258. The molecule has 0 aliphatic carbocycles. The number of carbonyl (C=O) groups excluding carboxylic acids is 1. The lowest BCUT2D eigenvalue weighted by atomic mass is 10.1. The minimum atomic E-state index is -0.0258. The number of nitrogens with one attached hydrogen (secondary N) is 2. The van der Waals surface area contributed by atoms with Crippen molar-refractivity contribution >= 4 is 5.91 Å². The molecule has 0 atom stereocenters. The highest BCUT2D eigenvalue weighted by atomic mass is 16.1. The Balaban J connectivity index is 2.06. The molecular weight excluding hydrogens is 180 g/mol. The molecule has 2 rings (SSSR count). The van der Waals surface area contributed by atoms with E-state index in [0.717, 1.165) is 18.8 Å². The first-order chi connectivity index (χ1) is 6.66. The van der Waals surface area contributed by atoms with Crippen LogP contribution in [0.3, 0.4) is 0 Å². The molecule has 2 N–H and O–H groups in total. The standard InChI is InChI=1S/C9H14N4O/c1-6-8(5-13(2)12-6)9(14)11-7-3-10-4-7/h5,7,10H,3-4H2,1-2H3,(H,11,14). The van der Waals surface area contributed by atoms with Crippen LogP contribution in [0.25, 0.3) is 0 Å². The summed E-state index contributed by atoms with van der Waals surface area (Å²) in [6.07, 6.45) is 1.75. The summed E-state index contributed by atoms with van der Waals surface area (Å²) in [7, 11) is 1.81. The van der Waals surface area contributed by atoms with Gasteiger partial charge in [-0.25, -0.2) is 0 Å². The molecule has 1 aliphatic rings. The first-order valence-electron chi connectivity index (χ1n) is 4.68. The average molecular weight is 194 g/mol. The Hall–Kier alpha value is -1.36. The Morgan fingerprint density at radius 3 is 2.86 bits per heavy atom. The van der Waals surface area contributed by atoms with Gasteiger partial charge < -0.3 is 10.6 Å². The maximum atomic E-state index is 11.7. The molecule has 5 heteroatoms. The van der Waals surface area contributed by atoms with Crippen LogP contribution in [0, 0.1) is 6.92 Å². The van der Waals surface area contributed by atoms with Crippen LogP contribution in [-0.2, 0) is 7.05 Å². The van der Waals surface area contributed by atoms with Gasteiger partial charge in [0.05, 0.1) is 17.3 Å². The van der Waals surface area contributed by atoms with E-state index in [-0.39, 0.29) is 11.9 Å². The Morgan fingerprint density at radius 1 is 1.71 bits per heavy atom. The molecule has 2 heterocycles. The average Bonchev–Trinajstić information content (AvgIpc) is 2.37. The van der Waals surface area contributed by atoms with Crippen LogP contribution in [0.4, 0.5) is 0 Å². The third kappa shape index (κ3) is 1.63. The highest BCUT2D eigenvalue weighted by molar-refractivity contribution is 5.95. The molecule has 0 unspecified atom stereocenters. The predicted molar refractivity (Wildman–Crippen MR) is 52.1 cm³/mol. The molecule has 0 saturated carbocycles. The molecule has 1 aromatic rings. The third-order valence-corrected chi connectivity index (χ3v) is 2.37. The molecular formula is C9H14N4O. The van der Waals surface area contributed by atoms with Crippen LogP contribution in [0.15, 0.2) is 6.20 Å². The van der Waals surface area contributed by atoms with Crippen molar-refractivity contribution in [3.63, 3.8) is 0 Å². The van der Waals surface area contributed by atoms with Gasteiger partial charge in [-0.15, -0.1) is 0 Å². The van der Waals surface area contributed by atoms with Crippen LogP contribution >= 0.6 is 0 Å². The summed E-state index contributed by atoms with van der Waals surface area (Å²) in [6, 6.07) is 0.280. The van der Waals surface area contributed by atoms with Crippen molar-refractivity contribution in [2.24, 2.45) is 7.05 Å². The topological polar surface area (TPSA) is 59.0 Å². The molecule has 1 aromatic heterocycles. The third-order valence-electron chi connectivity index (χ3n) is 2.37. The summed E-state index contributed by atoms with van der Waals surface area (Å²) >= 11 is 0. The van der Waals surface area contributed by atoms with Gasteiger partial charge in [-0.2, -0.15) is 5.10 Å². The van der Waals surface area contributed by atoms with Crippen molar-refractivity contribution < 1.29 is 4.79 Å². The van der Waals surface area contributed by atoms with E-state index in [0.29, 0.717) is 5.56 Å². The predicted octanol–water partition coefficient (Wildman–Crippen LogP) is -0.570. The van der Waals surface area contributed by atoms with Crippen molar-refractivity contribution in [1.29, 1.82) is 0 Å². The largest absolute Gasteiger partial charge is 0.347 e. The minimum Gasteiger partial charge on any atom is -0.347 e. The lowest BCUT2D eigenvalue weighted by molar-refractivity contribution is 0.0923. The number of amides is 1. The lowest BCUT2D eigenvalue weighted by Gasteiger charge is -2.27. The maximum Gasteiger partial charge on any atom is 0.255 e. The first-order valence-corrected chi connectivity index (χ1v) is 4.68. The van der Waals surface area contributed by atoms with E-state index in [9.17, 15) is 4.79 Å². The number of aryl methyl sites for hydroxylation is 2. The molecule has 1 saturated heterocycles. The molecule has 1 fully saturated rings. The summed E-state index contributed by atoms with van der Waals surface area (Å²) in [6.45, 7) is 3.57. The fourth-order valence-electron chi connectivity index (χ4n) is 1.48. The van der Waals surface area contributed by atoms with Gasteiger partial charge in [-0.3, -0.25) is 9.48 Å². The molecule has 14 heavy (non-hydrogen) atoms. The van der Waals surface area contributed by atoms with E-state index in [4.69, 9.17) is 0 Å². The number of nitrogens with zero attached hydrogens (tertiary/aromatic N) is 2. The number of aromatic nitrogens is 2. The van der Waals surface area contributed by atoms with Gasteiger partial charge in [-0.1, -0.05) is 0 Å². The monoisotopic (exact) mass is 194 g/mol. The molecule has 5 nitrogen and oxygen atoms in total. The molecule has 0 aromatic carbocycles. The Labute approximate surface area is 82.5 Å². The second-order valence-corrected chi connectivity index (χ2v) is 3.63. The summed E-state index contributed by atoms with van der Waals surface area (Å²) in [5, 5.41) is 10.2. The van der Waals surface area contributed by atoms with E-state index in [1.807, 2.05) is 14.0 Å². The Bertz CT molecular complexity index is 354. The number of hydrogen-bond donors (Lipinski definition) is 2. The lowest BCUT2D eigenvalue weighted by Crippen LogP contribution is -2.56. The van der Waals surface area contributed by atoms with Crippen LogP contribution < -0.4 is 10.6 Å². The van der Waals surface area contributed by atoms with Crippen molar-refractivity contribution in [2.75, 3.05) is 13.1 Å². The molecule has 0 bridgehead atoms. The highest BCUT2D eigenvalue weighted by Gasteiger charge is 2.21. The summed E-state index contributed by atoms with van der Waals surface area (Å²) in [5.41, 5.74) is 1.44. The van der Waals surface area contributed by atoms with Crippen LogP contribution in [-0.4, -0.2) is 34.8 Å². The van der Waals surface area contributed by atoms with Crippen LogP contribution in [0.2, 0.25) is 0 Å². The van der Waals surface area contributed by atoms with Crippen LogP contribution in [0.5, 0.6) is 0 Å². The SMILES string of the molecule is Cc1nn(C)cc1C(=O)NC1CNC1. The van der Waals surface area contributed by atoms with Gasteiger partial charge in [0.1, 0.15) is 0 Å². The van der Waals surface area contributed by atoms with Gasteiger partial charge in [0.15, 0.2) is 0 Å². The van der Waals surface area contributed by atoms with Crippen molar-refractivity contribution in [3.05, 3.63) is 17.5 Å². The number of hydrogen-bond acceptors (Lipinski definition) is 3. The fraction of sp³-hybridized carbons (Fsp3) is 0.556. The Morgan fingerprint density at radius 2 is 2.43 bits per heavy atom. The van der Waals surface area contributed by atoms with Gasteiger partial charge >= 0.3 is 0 Å². The zero-order valence-corrected chi connectivity index (χ0v) is 8.37. The van der Waals surface area contributed by atoms with Crippen molar-refractivity contribution in [3.8, 4) is 0 Å². The first kappa shape index (κ1) is 9.21. The van der Waals surface area contributed by atoms with Gasteiger partial charge in [0.25, 0.3) is 5.91 Å².